The zero-order chi connectivity index (χ0) is 11.4. The van der Waals surface area contributed by atoms with Gasteiger partial charge in [0, 0.05) is 25.7 Å². The van der Waals surface area contributed by atoms with Crippen molar-refractivity contribution in [3.63, 3.8) is 0 Å². The first-order valence-electron chi connectivity index (χ1n) is 7.36. The predicted molar refractivity (Wildman–Crippen MR) is 69.2 cm³/mol. The van der Waals surface area contributed by atoms with Gasteiger partial charge in [-0.1, -0.05) is 26.7 Å². The Labute approximate surface area is 101 Å². The second-order valence-electron chi connectivity index (χ2n) is 5.55. The monoisotopic (exact) mass is 224 g/mol. The van der Waals surface area contributed by atoms with Gasteiger partial charge in [0.05, 0.1) is 0 Å². The van der Waals surface area contributed by atoms with Crippen LogP contribution in [-0.4, -0.2) is 35.7 Å². The molecule has 0 N–H and O–H groups in total. The van der Waals surface area contributed by atoms with Crippen molar-refractivity contribution in [2.45, 2.75) is 64.8 Å². The van der Waals surface area contributed by atoms with Crippen LogP contribution in [0.15, 0.2) is 0 Å². The van der Waals surface area contributed by atoms with Crippen molar-refractivity contribution in [3.05, 3.63) is 0 Å². The largest absolute Gasteiger partial charge is 0.241 e. The summed E-state index contributed by atoms with van der Waals surface area (Å²) in [5.41, 5.74) is 0. The van der Waals surface area contributed by atoms with E-state index in [1.165, 1.54) is 64.6 Å². The molecule has 0 bridgehead atoms. The molecule has 16 heavy (non-hydrogen) atoms. The molecular formula is C14H28N2. The highest BCUT2D eigenvalue weighted by atomic mass is 15.6. The molecule has 0 amide bonds. The van der Waals surface area contributed by atoms with Crippen LogP contribution in [0.3, 0.4) is 0 Å². The Morgan fingerprint density at radius 1 is 0.938 bits per heavy atom. The van der Waals surface area contributed by atoms with Gasteiger partial charge in [0.1, 0.15) is 0 Å². The minimum atomic E-state index is 0.837. The number of hydrogen-bond acceptors (Lipinski definition) is 2. The van der Waals surface area contributed by atoms with E-state index in [0.29, 0.717) is 0 Å². The molecule has 2 heteroatoms. The summed E-state index contributed by atoms with van der Waals surface area (Å²) >= 11 is 0. The number of rotatable bonds is 3. The highest BCUT2D eigenvalue weighted by Gasteiger charge is 2.29. The van der Waals surface area contributed by atoms with Crippen LogP contribution in [0.4, 0.5) is 0 Å². The molecule has 2 aliphatic heterocycles. The first-order chi connectivity index (χ1) is 7.85. The van der Waals surface area contributed by atoms with Gasteiger partial charge in [-0.05, 0) is 38.0 Å². The van der Waals surface area contributed by atoms with Crippen molar-refractivity contribution in [1.29, 1.82) is 0 Å². The molecule has 2 nitrogen and oxygen atoms in total. The third-order valence-corrected chi connectivity index (χ3v) is 4.51. The molecule has 0 spiro atoms. The topological polar surface area (TPSA) is 6.48 Å². The van der Waals surface area contributed by atoms with Crippen LogP contribution in [0, 0.1) is 5.92 Å². The summed E-state index contributed by atoms with van der Waals surface area (Å²) in [6.07, 6.45) is 9.82. The van der Waals surface area contributed by atoms with Gasteiger partial charge in [0.15, 0.2) is 0 Å². The van der Waals surface area contributed by atoms with E-state index >= 15 is 0 Å². The molecule has 0 aliphatic carbocycles. The van der Waals surface area contributed by atoms with Crippen LogP contribution in [-0.2, 0) is 0 Å². The first-order valence-corrected chi connectivity index (χ1v) is 7.36. The molecule has 2 fully saturated rings. The summed E-state index contributed by atoms with van der Waals surface area (Å²) < 4.78 is 0. The van der Waals surface area contributed by atoms with Gasteiger partial charge in [0.2, 0.25) is 0 Å². The van der Waals surface area contributed by atoms with Gasteiger partial charge in [-0.25, -0.2) is 10.0 Å². The van der Waals surface area contributed by atoms with E-state index in [2.05, 4.69) is 23.9 Å². The van der Waals surface area contributed by atoms with E-state index in [-0.39, 0.29) is 0 Å². The maximum absolute atomic E-state index is 2.71. The zero-order valence-electron chi connectivity index (χ0n) is 11.1. The third-order valence-electron chi connectivity index (χ3n) is 4.51. The average Bonchev–Trinajstić information content (AvgIpc) is 2.38. The predicted octanol–water partition coefficient (Wildman–Crippen LogP) is 3.29. The number of hydrogen-bond donors (Lipinski definition) is 0. The van der Waals surface area contributed by atoms with E-state index < -0.39 is 0 Å². The summed E-state index contributed by atoms with van der Waals surface area (Å²) in [4.78, 5) is 0. The Bertz CT molecular complexity index is 205. The summed E-state index contributed by atoms with van der Waals surface area (Å²) in [6, 6.07) is 0.837. The lowest BCUT2D eigenvalue weighted by molar-refractivity contribution is -0.101. The van der Waals surface area contributed by atoms with Crippen LogP contribution in [0.25, 0.3) is 0 Å². The molecule has 0 radical (unpaired) electrons. The molecule has 2 rings (SSSR count). The molecule has 2 heterocycles. The minimum absolute atomic E-state index is 0.837. The quantitative estimate of drug-likeness (QED) is 0.726. The van der Waals surface area contributed by atoms with E-state index in [9.17, 15) is 0 Å². The first kappa shape index (κ1) is 12.4. The van der Waals surface area contributed by atoms with Crippen molar-refractivity contribution < 1.29 is 0 Å². The fourth-order valence-corrected chi connectivity index (χ4v) is 3.38. The Kier molecular flexibility index (Phi) is 4.66. The second kappa shape index (κ2) is 6.02. The van der Waals surface area contributed by atoms with Crippen molar-refractivity contribution in [3.8, 4) is 0 Å². The van der Waals surface area contributed by atoms with Crippen molar-refractivity contribution in [2.75, 3.05) is 19.6 Å². The zero-order valence-corrected chi connectivity index (χ0v) is 11.1. The van der Waals surface area contributed by atoms with Crippen LogP contribution in [0.2, 0.25) is 0 Å². The van der Waals surface area contributed by atoms with Gasteiger partial charge in [0.25, 0.3) is 0 Å². The van der Waals surface area contributed by atoms with Crippen LogP contribution in [0.1, 0.15) is 58.8 Å². The molecule has 2 aliphatic rings. The molecule has 2 saturated heterocycles. The van der Waals surface area contributed by atoms with E-state index in [1.807, 2.05) is 0 Å². The highest BCUT2D eigenvalue weighted by molar-refractivity contribution is 4.78. The van der Waals surface area contributed by atoms with E-state index in [4.69, 9.17) is 0 Å². The van der Waals surface area contributed by atoms with Crippen LogP contribution >= 0.6 is 0 Å². The lowest BCUT2D eigenvalue weighted by atomic mass is 9.95. The van der Waals surface area contributed by atoms with Crippen LogP contribution in [0.5, 0.6) is 0 Å². The molecule has 0 aromatic heterocycles. The Hall–Kier alpha value is -0.0800. The molecule has 0 aromatic carbocycles. The fourth-order valence-electron chi connectivity index (χ4n) is 3.38. The number of nitrogens with zero attached hydrogens (tertiary/aromatic N) is 2. The Balaban J connectivity index is 1.93. The maximum Gasteiger partial charge on any atom is 0.0243 e. The van der Waals surface area contributed by atoms with Gasteiger partial charge < -0.3 is 0 Å². The SMILES string of the molecule is CCC1CCCN(N2CCCCC2CC)C1. The summed E-state index contributed by atoms with van der Waals surface area (Å²) in [5.74, 6) is 0.952. The molecule has 2 atom stereocenters. The van der Waals surface area contributed by atoms with Crippen molar-refractivity contribution >= 4 is 0 Å². The van der Waals surface area contributed by atoms with Gasteiger partial charge in [-0.15, -0.1) is 0 Å². The minimum Gasteiger partial charge on any atom is -0.241 e. The van der Waals surface area contributed by atoms with E-state index in [1.54, 1.807) is 0 Å². The Morgan fingerprint density at radius 3 is 2.56 bits per heavy atom. The number of hydrazine groups is 1. The van der Waals surface area contributed by atoms with Crippen LogP contribution < -0.4 is 0 Å². The third kappa shape index (κ3) is 2.78. The molecule has 2 unspecified atom stereocenters. The molecule has 0 saturated carbocycles. The molecule has 0 aromatic rings. The summed E-state index contributed by atoms with van der Waals surface area (Å²) in [7, 11) is 0. The van der Waals surface area contributed by atoms with Crippen molar-refractivity contribution in [1.82, 2.24) is 10.0 Å². The molecule has 94 valence electrons. The van der Waals surface area contributed by atoms with Gasteiger partial charge in [-0.3, -0.25) is 0 Å². The lowest BCUT2D eigenvalue weighted by Crippen LogP contribution is -2.54. The lowest BCUT2D eigenvalue weighted by Gasteiger charge is -2.46. The Morgan fingerprint density at radius 2 is 1.81 bits per heavy atom. The maximum atomic E-state index is 2.71. The highest BCUT2D eigenvalue weighted by Crippen LogP contribution is 2.26. The fraction of sp³-hybridized carbons (Fsp3) is 1.00. The van der Waals surface area contributed by atoms with Crippen molar-refractivity contribution in [2.24, 2.45) is 5.92 Å². The second-order valence-corrected chi connectivity index (χ2v) is 5.55. The van der Waals surface area contributed by atoms with Gasteiger partial charge in [-0.2, -0.15) is 0 Å². The van der Waals surface area contributed by atoms with Gasteiger partial charge >= 0.3 is 0 Å². The summed E-state index contributed by atoms with van der Waals surface area (Å²) in [6.45, 7) is 8.65. The number of piperidine rings is 2. The summed E-state index contributed by atoms with van der Waals surface area (Å²) in [5, 5.41) is 5.40. The smallest absolute Gasteiger partial charge is 0.0243 e. The van der Waals surface area contributed by atoms with E-state index in [0.717, 1.165) is 12.0 Å². The normalized spacial score (nSPS) is 34.1. The standard InChI is InChI=1S/C14H28N2/c1-3-13-8-7-10-15(12-13)16-11-6-5-9-14(16)4-2/h13-14H,3-12H2,1-2H3. The molecular weight excluding hydrogens is 196 g/mol. The average molecular weight is 224 g/mol.